The molecule has 4 heteroatoms. The summed E-state index contributed by atoms with van der Waals surface area (Å²) in [5.41, 5.74) is 6.44. The van der Waals surface area contributed by atoms with Gasteiger partial charge in [-0.15, -0.1) is 0 Å². The summed E-state index contributed by atoms with van der Waals surface area (Å²) in [4.78, 5) is 0. The van der Waals surface area contributed by atoms with Crippen LogP contribution in [0.2, 0.25) is 0 Å². The molecule has 2 N–H and O–H groups in total. The van der Waals surface area contributed by atoms with Crippen LogP contribution < -0.4 is 10.5 Å². The molecule has 0 bridgehead atoms. The van der Waals surface area contributed by atoms with Gasteiger partial charge in [0, 0.05) is 19.8 Å². The van der Waals surface area contributed by atoms with E-state index in [0.29, 0.717) is 13.2 Å². The van der Waals surface area contributed by atoms with Crippen LogP contribution in [-0.4, -0.2) is 20.3 Å². The highest BCUT2D eigenvalue weighted by Crippen LogP contribution is 2.21. The average molecular weight is 241 g/mol. The third-order valence-corrected chi connectivity index (χ3v) is 2.48. The van der Waals surface area contributed by atoms with Crippen LogP contribution in [0.5, 0.6) is 5.75 Å². The van der Waals surface area contributed by atoms with Crippen molar-refractivity contribution in [1.82, 2.24) is 0 Å². The molecular formula is C13H20FNO2. The number of ether oxygens (including phenoxy) is 2. The molecule has 1 aromatic carbocycles. The van der Waals surface area contributed by atoms with E-state index in [4.69, 9.17) is 15.2 Å². The first-order chi connectivity index (χ1) is 8.15. The topological polar surface area (TPSA) is 44.5 Å². The van der Waals surface area contributed by atoms with E-state index in [1.807, 2.05) is 6.92 Å². The van der Waals surface area contributed by atoms with Crippen molar-refractivity contribution >= 4 is 0 Å². The lowest BCUT2D eigenvalue weighted by molar-refractivity contribution is 0.183. The molecule has 0 saturated carbocycles. The van der Waals surface area contributed by atoms with Gasteiger partial charge in [0.1, 0.15) is 0 Å². The Kier molecular flexibility index (Phi) is 5.94. The predicted octanol–water partition coefficient (Wildman–Crippen LogP) is 2.65. The molecule has 0 aliphatic rings. The minimum Gasteiger partial charge on any atom is -0.491 e. The first-order valence-electron chi connectivity index (χ1n) is 5.82. The molecule has 0 amide bonds. The molecule has 0 radical (unpaired) electrons. The van der Waals surface area contributed by atoms with Crippen LogP contribution in [0.3, 0.4) is 0 Å². The smallest absolute Gasteiger partial charge is 0.165 e. The van der Waals surface area contributed by atoms with Crippen LogP contribution in [0.25, 0.3) is 0 Å². The van der Waals surface area contributed by atoms with Gasteiger partial charge in [-0.05, 0) is 37.5 Å². The fourth-order valence-electron chi connectivity index (χ4n) is 1.45. The molecule has 1 rings (SSSR count). The highest BCUT2D eigenvalue weighted by molar-refractivity contribution is 5.30. The maximum Gasteiger partial charge on any atom is 0.165 e. The standard InChI is InChI=1S/C13H20FNO2/c1-10(15)11-5-6-13(12(14)9-11)17-8-4-3-7-16-2/h5-6,9-10H,3-4,7-8,15H2,1-2H3/t10-/m1/s1. The maximum atomic E-state index is 13.6. The third-order valence-electron chi connectivity index (χ3n) is 2.48. The molecule has 0 fully saturated rings. The summed E-state index contributed by atoms with van der Waals surface area (Å²) in [6.45, 7) is 3.02. The Morgan fingerprint density at radius 2 is 2.00 bits per heavy atom. The van der Waals surface area contributed by atoms with Gasteiger partial charge < -0.3 is 15.2 Å². The van der Waals surface area contributed by atoms with Crippen molar-refractivity contribution in [2.75, 3.05) is 20.3 Å². The number of nitrogens with two attached hydrogens (primary N) is 1. The first kappa shape index (κ1) is 13.9. The van der Waals surface area contributed by atoms with Gasteiger partial charge in [-0.3, -0.25) is 0 Å². The number of rotatable bonds is 7. The van der Waals surface area contributed by atoms with Gasteiger partial charge in [-0.25, -0.2) is 4.39 Å². The normalized spacial score (nSPS) is 12.5. The number of hydrogen-bond donors (Lipinski definition) is 1. The molecule has 0 aliphatic carbocycles. The Labute approximate surface area is 102 Å². The van der Waals surface area contributed by atoms with E-state index < -0.39 is 0 Å². The number of unbranched alkanes of at least 4 members (excludes halogenated alkanes) is 1. The van der Waals surface area contributed by atoms with Gasteiger partial charge in [-0.1, -0.05) is 6.07 Å². The van der Waals surface area contributed by atoms with E-state index in [2.05, 4.69) is 0 Å². The lowest BCUT2D eigenvalue weighted by Crippen LogP contribution is -2.06. The Morgan fingerprint density at radius 3 is 2.59 bits per heavy atom. The van der Waals surface area contributed by atoms with Crippen molar-refractivity contribution in [2.24, 2.45) is 5.73 Å². The first-order valence-corrected chi connectivity index (χ1v) is 5.82. The summed E-state index contributed by atoms with van der Waals surface area (Å²) in [7, 11) is 1.66. The number of benzene rings is 1. The van der Waals surface area contributed by atoms with Gasteiger partial charge in [0.05, 0.1) is 6.61 Å². The van der Waals surface area contributed by atoms with Crippen LogP contribution in [0.4, 0.5) is 4.39 Å². The minimum atomic E-state index is -0.355. The Balaban J connectivity index is 2.43. The second kappa shape index (κ2) is 7.25. The van der Waals surface area contributed by atoms with Gasteiger partial charge in [0.2, 0.25) is 0 Å². The zero-order valence-electron chi connectivity index (χ0n) is 10.4. The molecule has 0 aromatic heterocycles. The molecule has 0 unspecified atom stereocenters. The van der Waals surface area contributed by atoms with Crippen LogP contribution >= 0.6 is 0 Å². The van der Waals surface area contributed by atoms with Crippen molar-refractivity contribution in [1.29, 1.82) is 0 Å². The van der Waals surface area contributed by atoms with Crippen LogP contribution in [0.1, 0.15) is 31.4 Å². The molecule has 96 valence electrons. The molecule has 0 spiro atoms. The second-order valence-electron chi connectivity index (χ2n) is 4.03. The zero-order valence-corrected chi connectivity index (χ0v) is 10.4. The fourth-order valence-corrected chi connectivity index (χ4v) is 1.45. The monoisotopic (exact) mass is 241 g/mol. The lowest BCUT2D eigenvalue weighted by Gasteiger charge is -2.10. The van der Waals surface area contributed by atoms with E-state index in [9.17, 15) is 4.39 Å². The van der Waals surface area contributed by atoms with E-state index in [0.717, 1.165) is 18.4 Å². The summed E-state index contributed by atoms with van der Waals surface area (Å²) in [5, 5.41) is 0. The molecule has 0 saturated heterocycles. The molecule has 3 nitrogen and oxygen atoms in total. The SMILES string of the molecule is COCCCCOc1ccc([C@@H](C)N)cc1F. The molecule has 1 atom stereocenters. The molecule has 0 aliphatic heterocycles. The van der Waals surface area contributed by atoms with Gasteiger partial charge in [0.25, 0.3) is 0 Å². The number of hydrogen-bond acceptors (Lipinski definition) is 3. The van der Waals surface area contributed by atoms with Crippen molar-refractivity contribution in [3.8, 4) is 5.75 Å². The molecular weight excluding hydrogens is 221 g/mol. The summed E-state index contributed by atoms with van der Waals surface area (Å²) < 4.78 is 23.8. The van der Waals surface area contributed by atoms with Crippen molar-refractivity contribution < 1.29 is 13.9 Å². The summed E-state index contributed by atoms with van der Waals surface area (Å²) >= 11 is 0. The number of halogens is 1. The summed E-state index contributed by atoms with van der Waals surface area (Å²) in [6.07, 6.45) is 1.76. The van der Waals surface area contributed by atoms with Crippen molar-refractivity contribution in [2.45, 2.75) is 25.8 Å². The van der Waals surface area contributed by atoms with E-state index in [1.165, 1.54) is 6.07 Å². The maximum absolute atomic E-state index is 13.6. The second-order valence-corrected chi connectivity index (χ2v) is 4.03. The fraction of sp³-hybridized carbons (Fsp3) is 0.538. The summed E-state index contributed by atoms with van der Waals surface area (Å²) in [6, 6.07) is 4.68. The van der Waals surface area contributed by atoms with Gasteiger partial charge in [-0.2, -0.15) is 0 Å². The van der Waals surface area contributed by atoms with Crippen molar-refractivity contribution in [3.63, 3.8) is 0 Å². The predicted molar refractivity (Wildman–Crippen MR) is 65.6 cm³/mol. The summed E-state index contributed by atoms with van der Waals surface area (Å²) in [5.74, 6) is -0.0710. The van der Waals surface area contributed by atoms with Gasteiger partial charge >= 0.3 is 0 Å². The highest BCUT2D eigenvalue weighted by atomic mass is 19.1. The van der Waals surface area contributed by atoms with Crippen LogP contribution in [0, 0.1) is 5.82 Å². The average Bonchev–Trinajstić information content (AvgIpc) is 2.30. The van der Waals surface area contributed by atoms with Crippen molar-refractivity contribution in [3.05, 3.63) is 29.6 Å². The van der Waals surface area contributed by atoms with Gasteiger partial charge in [0.15, 0.2) is 11.6 Å². The van der Waals surface area contributed by atoms with Crippen LogP contribution in [-0.2, 0) is 4.74 Å². The van der Waals surface area contributed by atoms with Crippen LogP contribution in [0.15, 0.2) is 18.2 Å². The Morgan fingerprint density at radius 1 is 1.29 bits per heavy atom. The molecule has 0 heterocycles. The zero-order chi connectivity index (χ0) is 12.7. The largest absolute Gasteiger partial charge is 0.491 e. The Hall–Kier alpha value is -1.13. The lowest BCUT2D eigenvalue weighted by atomic mass is 10.1. The van der Waals surface area contributed by atoms with E-state index in [-0.39, 0.29) is 17.6 Å². The minimum absolute atomic E-state index is 0.166. The third kappa shape index (κ3) is 4.71. The molecule has 17 heavy (non-hydrogen) atoms. The quantitative estimate of drug-likeness (QED) is 0.746. The van der Waals surface area contributed by atoms with E-state index in [1.54, 1.807) is 19.2 Å². The highest BCUT2D eigenvalue weighted by Gasteiger charge is 2.06. The Bertz CT molecular complexity index is 342. The molecule has 1 aromatic rings. The van der Waals surface area contributed by atoms with E-state index >= 15 is 0 Å². The number of methoxy groups -OCH3 is 1.